The van der Waals surface area contributed by atoms with E-state index in [1.807, 2.05) is 6.20 Å². The molecule has 1 heterocycles. The Kier molecular flexibility index (Phi) is 3.11. The number of rotatable bonds is 4. The Hall–Kier alpha value is -0.830. The molecular weight excluding hydrogens is 140 g/mol. The number of aliphatic hydroxyl groups is 1. The van der Waals surface area contributed by atoms with Gasteiger partial charge in [0.2, 0.25) is 0 Å². The van der Waals surface area contributed by atoms with Crippen molar-refractivity contribution in [3.8, 4) is 0 Å². The summed E-state index contributed by atoms with van der Waals surface area (Å²) in [4.78, 5) is 7.33. The fourth-order valence-electron chi connectivity index (χ4n) is 0.982. The van der Waals surface area contributed by atoms with Crippen LogP contribution >= 0.6 is 0 Å². The quantitative estimate of drug-likeness (QED) is 0.676. The molecule has 0 radical (unpaired) electrons. The Labute approximate surface area is 66.5 Å². The topological polar surface area (TPSA) is 48.9 Å². The SMILES string of the molecule is CCc1ncc(CCCO)[nH]1. The molecule has 0 atom stereocenters. The number of imidazole rings is 1. The van der Waals surface area contributed by atoms with Crippen molar-refractivity contribution in [2.75, 3.05) is 6.61 Å². The average molecular weight is 154 g/mol. The van der Waals surface area contributed by atoms with Crippen LogP contribution in [0.2, 0.25) is 0 Å². The minimum absolute atomic E-state index is 0.250. The fraction of sp³-hybridized carbons (Fsp3) is 0.625. The van der Waals surface area contributed by atoms with Crippen LogP contribution in [0, 0.1) is 0 Å². The monoisotopic (exact) mass is 154 g/mol. The van der Waals surface area contributed by atoms with Gasteiger partial charge in [-0.05, 0) is 12.8 Å². The number of H-pyrrole nitrogens is 1. The van der Waals surface area contributed by atoms with Gasteiger partial charge in [0.1, 0.15) is 5.82 Å². The number of aryl methyl sites for hydroxylation is 2. The van der Waals surface area contributed by atoms with Crippen LogP contribution in [0.4, 0.5) is 0 Å². The molecule has 1 aromatic heterocycles. The third-order valence-corrected chi connectivity index (χ3v) is 1.62. The van der Waals surface area contributed by atoms with Crippen molar-refractivity contribution < 1.29 is 5.11 Å². The Morgan fingerprint density at radius 3 is 3.00 bits per heavy atom. The summed E-state index contributed by atoms with van der Waals surface area (Å²) >= 11 is 0. The lowest BCUT2D eigenvalue weighted by atomic mass is 10.3. The van der Waals surface area contributed by atoms with Gasteiger partial charge >= 0.3 is 0 Å². The highest BCUT2D eigenvalue weighted by Gasteiger charge is 1.96. The predicted molar refractivity (Wildman–Crippen MR) is 43.4 cm³/mol. The molecule has 0 spiro atoms. The molecule has 3 heteroatoms. The maximum atomic E-state index is 8.56. The molecule has 0 aliphatic rings. The summed E-state index contributed by atoms with van der Waals surface area (Å²) in [7, 11) is 0. The van der Waals surface area contributed by atoms with Crippen molar-refractivity contribution in [3.05, 3.63) is 17.7 Å². The first kappa shape index (κ1) is 8.27. The summed E-state index contributed by atoms with van der Waals surface area (Å²) in [6.45, 7) is 2.31. The molecule has 0 bridgehead atoms. The van der Waals surface area contributed by atoms with E-state index in [9.17, 15) is 0 Å². The standard InChI is InChI=1S/C8H14N2O/c1-2-8-9-6-7(10-8)4-3-5-11/h6,11H,2-5H2,1H3,(H,9,10). The van der Waals surface area contributed by atoms with Crippen LogP contribution in [0.15, 0.2) is 6.20 Å². The van der Waals surface area contributed by atoms with Crippen LogP contribution < -0.4 is 0 Å². The van der Waals surface area contributed by atoms with Crippen LogP contribution in [0.25, 0.3) is 0 Å². The Balaban J connectivity index is 2.44. The zero-order valence-corrected chi connectivity index (χ0v) is 6.80. The van der Waals surface area contributed by atoms with Gasteiger partial charge in [-0.15, -0.1) is 0 Å². The van der Waals surface area contributed by atoms with Crippen molar-refractivity contribution in [1.29, 1.82) is 0 Å². The van der Waals surface area contributed by atoms with E-state index in [1.54, 1.807) is 0 Å². The first-order valence-electron chi connectivity index (χ1n) is 4.00. The lowest BCUT2D eigenvalue weighted by Crippen LogP contribution is -1.89. The molecule has 0 aromatic carbocycles. The number of aromatic nitrogens is 2. The molecule has 1 rings (SSSR count). The predicted octanol–water partition coefficient (Wildman–Crippen LogP) is 0.897. The van der Waals surface area contributed by atoms with E-state index in [-0.39, 0.29) is 6.61 Å². The van der Waals surface area contributed by atoms with Crippen molar-refractivity contribution in [1.82, 2.24) is 9.97 Å². The maximum absolute atomic E-state index is 8.56. The smallest absolute Gasteiger partial charge is 0.105 e. The van der Waals surface area contributed by atoms with Crippen LogP contribution in [0.5, 0.6) is 0 Å². The average Bonchev–Trinajstić information content (AvgIpc) is 2.48. The van der Waals surface area contributed by atoms with Gasteiger partial charge in [0, 0.05) is 24.9 Å². The van der Waals surface area contributed by atoms with Crippen molar-refractivity contribution in [3.63, 3.8) is 0 Å². The summed E-state index contributed by atoms with van der Waals surface area (Å²) < 4.78 is 0. The third-order valence-electron chi connectivity index (χ3n) is 1.62. The summed E-state index contributed by atoms with van der Waals surface area (Å²) in [5.41, 5.74) is 1.12. The molecule has 1 aromatic rings. The van der Waals surface area contributed by atoms with Crippen molar-refractivity contribution >= 4 is 0 Å². The number of hydrogen-bond acceptors (Lipinski definition) is 2. The number of aliphatic hydroxyl groups excluding tert-OH is 1. The third kappa shape index (κ3) is 2.35. The summed E-state index contributed by atoms with van der Waals surface area (Å²) in [5.74, 6) is 1.03. The van der Waals surface area contributed by atoms with Crippen LogP contribution in [-0.4, -0.2) is 21.7 Å². The second-order valence-electron chi connectivity index (χ2n) is 2.54. The van der Waals surface area contributed by atoms with Gasteiger partial charge in [-0.25, -0.2) is 4.98 Å². The van der Waals surface area contributed by atoms with E-state index in [1.165, 1.54) is 0 Å². The first-order valence-corrected chi connectivity index (χ1v) is 4.00. The zero-order chi connectivity index (χ0) is 8.10. The molecule has 0 saturated carbocycles. The van der Waals surface area contributed by atoms with Crippen LogP contribution in [0.3, 0.4) is 0 Å². The lowest BCUT2D eigenvalue weighted by Gasteiger charge is -1.92. The molecule has 11 heavy (non-hydrogen) atoms. The summed E-state index contributed by atoms with van der Waals surface area (Å²) in [5, 5.41) is 8.56. The molecule has 0 unspecified atom stereocenters. The second kappa shape index (κ2) is 4.13. The number of nitrogens with zero attached hydrogens (tertiary/aromatic N) is 1. The van der Waals surface area contributed by atoms with Crippen molar-refractivity contribution in [2.24, 2.45) is 0 Å². The summed E-state index contributed by atoms with van der Waals surface area (Å²) in [6, 6.07) is 0. The van der Waals surface area contributed by atoms with Crippen LogP contribution in [0.1, 0.15) is 24.9 Å². The van der Waals surface area contributed by atoms with Gasteiger partial charge in [0.25, 0.3) is 0 Å². The zero-order valence-electron chi connectivity index (χ0n) is 6.80. The highest BCUT2D eigenvalue weighted by atomic mass is 16.2. The normalized spacial score (nSPS) is 10.4. The van der Waals surface area contributed by atoms with E-state index in [0.29, 0.717) is 0 Å². The molecule has 0 amide bonds. The fourth-order valence-corrected chi connectivity index (χ4v) is 0.982. The largest absolute Gasteiger partial charge is 0.396 e. The molecule has 0 fully saturated rings. The molecule has 2 N–H and O–H groups in total. The molecule has 0 aliphatic heterocycles. The van der Waals surface area contributed by atoms with E-state index >= 15 is 0 Å². The molecule has 0 aliphatic carbocycles. The maximum Gasteiger partial charge on any atom is 0.105 e. The molecule has 3 nitrogen and oxygen atoms in total. The Morgan fingerprint density at radius 1 is 1.64 bits per heavy atom. The van der Waals surface area contributed by atoms with Gasteiger partial charge in [-0.3, -0.25) is 0 Å². The van der Waals surface area contributed by atoms with Gasteiger partial charge < -0.3 is 10.1 Å². The van der Waals surface area contributed by atoms with Gasteiger partial charge in [0.15, 0.2) is 0 Å². The highest BCUT2D eigenvalue weighted by Crippen LogP contribution is 2.00. The van der Waals surface area contributed by atoms with Gasteiger partial charge in [-0.2, -0.15) is 0 Å². The van der Waals surface area contributed by atoms with Gasteiger partial charge in [0.05, 0.1) is 0 Å². The van der Waals surface area contributed by atoms with E-state index < -0.39 is 0 Å². The first-order chi connectivity index (χ1) is 5.36. The van der Waals surface area contributed by atoms with Gasteiger partial charge in [-0.1, -0.05) is 6.92 Å². The Morgan fingerprint density at radius 2 is 2.45 bits per heavy atom. The Bertz CT molecular complexity index is 208. The lowest BCUT2D eigenvalue weighted by molar-refractivity contribution is 0.288. The van der Waals surface area contributed by atoms with E-state index in [4.69, 9.17) is 5.11 Å². The number of nitrogens with one attached hydrogen (secondary N) is 1. The number of aromatic amines is 1. The van der Waals surface area contributed by atoms with Crippen LogP contribution in [-0.2, 0) is 12.8 Å². The highest BCUT2D eigenvalue weighted by molar-refractivity contribution is 5.00. The minimum atomic E-state index is 0.250. The minimum Gasteiger partial charge on any atom is -0.396 e. The number of hydrogen-bond donors (Lipinski definition) is 2. The molecule has 0 saturated heterocycles. The summed E-state index contributed by atoms with van der Waals surface area (Å²) in [6.07, 6.45) is 4.49. The second-order valence-corrected chi connectivity index (χ2v) is 2.54. The molecule has 62 valence electrons. The van der Waals surface area contributed by atoms with E-state index in [0.717, 1.165) is 30.8 Å². The molecular formula is C8H14N2O. The van der Waals surface area contributed by atoms with Crippen molar-refractivity contribution in [2.45, 2.75) is 26.2 Å². The van der Waals surface area contributed by atoms with E-state index in [2.05, 4.69) is 16.9 Å².